The van der Waals surface area contributed by atoms with Crippen LogP contribution in [0.25, 0.3) is 0 Å². The summed E-state index contributed by atoms with van der Waals surface area (Å²) in [5.74, 6) is 0.287. The number of nitrogens with zero attached hydrogens (tertiary/aromatic N) is 2. The van der Waals surface area contributed by atoms with Crippen molar-refractivity contribution in [1.29, 1.82) is 0 Å². The number of furan rings is 1. The van der Waals surface area contributed by atoms with Crippen molar-refractivity contribution in [3.8, 4) is 0 Å². The Bertz CT molecular complexity index is 1300. The molecule has 0 spiro atoms. The SMILES string of the molecule is Cc1cccc(C(=O)N=c2sc(C)cn2Cc2ccc(C(=O)NCc3ccco3)cc2)c1. The van der Waals surface area contributed by atoms with Crippen molar-refractivity contribution < 1.29 is 14.0 Å². The summed E-state index contributed by atoms with van der Waals surface area (Å²) in [6, 6.07) is 18.4. The second kappa shape index (κ2) is 9.62. The maximum atomic E-state index is 12.6. The van der Waals surface area contributed by atoms with Crippen LogP contribution in [-0.4, -0.2) is 16.4 Å². The quantitative estimate of drug-likeness (QED) is 0.475. The van der Waals surface area contributed by atoms with Crippen molar-refractivity contribution in [3.05, 3.63) is 111 Å². The van der Waals surface area contributed by atoms with E-state index in [0.717, 1.165) is 16.0 Å². The fourth-order valence-electron chi connectivity index (χ4n) is 3.27. The molecule has 0 aliphatic rings. The van der Waals surface area contributed by atoms with E-state index >= 15 is 0 Å². The number of hydrogen-bond acceptors (Lipinski definition) is 4. The van der Waals surface area contributed by atoms with Crippen LogP contribution in [0.2, 0.25) is 0 Å². The predicted octanol–water partition coefficient (Wildman–Crippen LogP) is 4.48. The predicted molar refractivity (Wildman–Crippen MR) is 124 cm³/mol. The van der Waals surface area contributed by atoms with Gasteiger partial charge in [0.05, 0.1) is 12.8 Å². The summed E-state index contributed by atoms with van der Waals surface area (Å²) >= 11 is 1.48. The number of benzene rings is 2. The van der Waals surface area contributed by atoms with E-state index < -0.39 is 0 Å². The third-order valence-electron chi connectivity index (χ3n) is 4.87. The van der Waals surface area contributed by atoms with Gasteiger partial charge in [-0.05, 0) is 55.8 Å². The number of amides is 2. The first-order valence-corrected chi connectivity index (χ1v) is 11.0. The Balaban J connectivity index is 1.47. The molecule has 0 aliphatic heterocycles. The molecule has 0 aliphatic carbocycles. The molecular weight excluding hydrogens is 422 g/mol. The van der Waals surface area contributed by atoms with Crippen LogP contribution >= 0.6 is 11.3 Å². The Labute approximate surface area is 189 Å². The lowest BCUT2D eigenvalue weighted by Crippen LogP contribution is -2.22. The van der Waals surface area contributed by atoms with E-state index in [-0.39, 0.29) is 11.8 Å². The van der Waals surface area contributed by atoms with Gasteiger partial charge in [-0.15, -0.1) is 11.3 Å². The maximum Gasteiger partial charge on any atom is 0.279 e. The minimum absolute atomic E-state index is 0.161. The Kier molecular flexibility index (Phi) is 6.47. The minimum atomic E-state index is -0.257. The van der Waals surface area contributed by atoms with Gasteiger partial charge in [0.15, 0.2) is 4.80 Å². The molecule has 2 aromatic carbocycles. The molecule has 7 heteroatoms. The molecule has 0 saturated heterocycles. The highest BCUT2D eigenvalue weighted by molar-refractivity contribution is 7.09. The first-order chi connectivity index (χ1) is 15.5. The third kappa shape index (κ3) is 5.31. The zero-order valence-electron chi connectivity index (χ0n) is 17.9. The lowest BCUT2D eigenvalue weighted by molar-refractivity contribution is 0.0946. The van der Waals surface area contributed by atoms with E-state index in [9.17, 15) is 9.59 Å². The number of carbonyl (C=O) groups is 2. The highest BCUT2D eigenvalue weighted by Crippen LogP contribution is 2.10. The monoisotopic (exact) mass is 445 g/mol. The van der Waals surface area contributed by atoms with E-state index in [1.54, 1.807) is 30.5 Å². The molecule has 0 radical (unpaired) electrons. The van der Waals surface area contributed by atoms with Gasteiger partial charge >= 0.3 is 0 Å². The Hall–Kier alpha value is -3.71. The smallest absolute Gasteiger partial charge is 0.279 e. The van der Waals surface area contributed by atoms with Crippen molar-refractivity contribution in [2.45, 2.75) is 26.9 Å². The van der Waals surface area contributed by atoms with Crippen molar-refractivity contribution in [2.24, 2.45) is 4.99 Å². The van der Waals surface area contributed by atoms with Crippen molar-refractivity contribution in [2.75, 3.05) is 0 Å². The van der Waals surface area contributed by atoms with Crippen LogP contribution in [0.1, 0.15) is 42.5 Å². The van der Waals surface area contributed by atoms with Crippen LogP contribution in [0.5, 0.6) is 0 Å². The molecule has 2 aromatic heterocycles. The minimum Gasteiger partial charge on any atom is -0.467 e. The van der Waals surface area contributed by atoms with Crippen LogP contribution in [0.15, 0.2) is 82.5 Å². The average Bonchev–Trinajstić information content (AvgIpc) is 3.42. The fraction of sp³-hybridized carbons (Fsp3) is 0.160. The number of hydrogen-bond donors (Lipinski definition) is 1. The molecule has 162 valence electrons. The van der Waals surface area contributed by atoms with Crippen molar-refractivity contribution in [3.63, 3.8) is 0 Å². The summed E-state index contributed by atoms with van der Waals surface area (Å²) in [6.45, 7) is 4.84. The first kappa shape index (κ1) is 21.5. The molecule has 32 heavy (non-hydrogen) atoms. The molecule has 4 rings (SSSR count). The van der Waals surface area contributed by atoms with E-state index in [4.69, 9.17) is 4.42 Å². The van der Waals surface area contributed by atoms with Gasteiger partial charge in [-0.2, -0.15) is 4.99 Å². The number of aromatic nitrogens is 1. The molecule has 0 saturated carbocycles. The van der Waals surface area contributed by atoms with Crippen LogP contribution in [-0.2, 0) is 13.1 Å². The molecule has 2 amide bonds. The standard InChI is InChI=1S/C25H23N3O3S/c1-17-5-3-6-21(13-17)24(30)27-25-28(15-18(2)32-25)16-19-8-10-20(11-9-19)23(29)26-14-22-7-4-12-31-22/h3-13,15H,14,16H2,1-2H3,(H,26,29). The summed E-state index contributed by atoms with van der Waals surface area (Å²) in [4.78, 5) is 31.0. The second-order valence-electron chi connectivity index (χ2n) is 7.50. The zero-order valence-corrected chi connectivity index (χ0v) is 18.7. The molecule has 0 fully saturated rings. The van der Waals surface area contributed by atoms with Gasteiger partial charge in [0.2, 0.25) is 0 Å². The lowest BCUT2D eigenvalue weighted by atomic mass is 10.1. The van der Waals surface area contributed by atoms with Crippen LogP contribution in [0.3, 0.4) is 0 Å². The molecule has 0 atom stereocenters. The molecule has 0 unspecified atom stereocenters. The Morgan fingerprint density at radius 2 is 1.84 bits per heavy atom. The average molecular weight is 446 g/mol. The largest absolute Gasteiger partial charge is 0.467 e. The van der Waals surface area contributed by atoms with Gasteiger partial charge in [0, 0.05) is 28.7 Å². The van der Waals surface area contributed by atoms with Gasteiger partial charge in [0.25, 0.3) is 11.8 Å². The molecule has 0 bridgehead atoms. The number of thiazole rings is 1. The summed E-state index contributed by atoms with van der Waals surface area (Å²) < 4.78 is 7.19. The number of nitrogens with one attached hydrogen (secondary N) is 1. The summed E-state index contributed by atoms with van der Waals surface area (Å²) in [5.41, 5.74) is 3.18. The molecule has 1 N–H and O–H groups in total. The van der Waals surface area contributed by atoms with Gasteiger partial charge in [-0.3, -0.25) is 9.59 Å². The fourth-order valence-corrected chi connectivity index (χ4v) is 4.11. The van der Waals surface area contributed by atoms with Gasteiger partial charge in [0.1, 0.15) is 5.76 Å². The van der Waals surface area contributed by atoms with Crippen LogP contribution in [0.4, 0.5) is 0 Å². The Morgan fingerprint density at radius 1 is 1.03 bits per heavy atom. The number of rotatable bonds is 6. The van der Waals surface area contributed by atoms with E-state index in [0.29, 0.717) is 34.8 Å². The van der Waals surface area contributed by atoms with E-state index in [1.807, 2.05) is 61.0 Å². The zero-order chi connectivity index (χ0) is 22.5. The van der Waals surface area contributed by atoms with Gasteiger partial charge in [-0.25, -0.2) is 0 Å². The topological polar surface area (TPSA) is 76.6 Å². The summed E-state index contributed by atoms with van der Waals surface area (Å²) in [7, 11) is 0. The normalized spacial score (nSPS) is 11.5. The lowest BCUT2D eigenvalue weighted by Gasteiger charge is -2.06. The highest BCUT2D eigenvalue weighted by Gasteiger charge is 2.09. The summed E-state index contributed by atoms with van der Waals surface area (Å²) in [5, 5.41) is 2.84. The molecular formula is C25H23N3O3S. The third-order valence-corrected chi connectivity index (χ3v) is 5.81. The van der Waals surface area contributed by atoms with E-state index in [1.165, 1.54) is 11.3 Å². The highest BCUT2D eigenvalue weighted by atomic mass is 32.1. The van der Waals surface area contributed by atoms with Gasteiger partial charge in [-0.1, -0.05) is 29.8 Å². The maximum absolute atomic E-state index is 12.6. The molecule has 4 aromatic rings. The van der Waals surface area contributed by atoms with Crippen molar-refractivity contribution in [1.82, 2.24) is 9.88 Å². The van der Waals surface area contributed by atoms with Gasteiger partial charge < -0.3 is 14.3 Å². The number of carbonyl (C=O) groups excluding carboxylic acids is 2. The van der Waals surface area contributed by atoms with Crippen LogP contribution < -0.4 is 10.1 Å². The van der Waals surface area contributed by atoms with Crippen LogP contribution in [0, 0.1) is 13.8 Å². The van der Waals surface area contributed by atoms with E-state index in [2.05, 4.69) is 10.3 Å². The first-order valence-electron chi connectivity index (χ1n) is 10.2. The number of aryl methyl sites for hydroxylation is 2. The molecule has 6 nitrogen and oxygen atoms in total. The summed E-state index contributed by atoms with van der Waals surface area (Å²) in [6.07, 6.45) is 3.56. The Morgan fingerprint density at radius 3 is 2.56 bits per heavy atom. The molecule has 2 heterocycles. The second-order valence-corrected chi connectivity index (χ2v) is 8.71. The van der Waals surface area contributed by atoms with Crippen molar-refractivity contribution >= 4 is 23.2 Å².